The van der Waals surface area contributed by atoms with Gasteiger partial charge in [0.1, 0.15) is 12.4 Å². The summed E-state index contributed by atoms with van der Waals surface area (Å²) < 4.78 is 5.37. The van der Waals surface area contributed by atoms with E-state index in [9.17, 15) is 9.59 Å². The minimum atomic E-state index is -0.189. The highest BCUT2D eigenvalue weighted by molar-refractivity contribution is 6.00. The minimum Gasteiger partial charge on any atom is -0.492 e. The number of amides is 1. The van der Waals surface area contributed by atoms with Crippen LogP contribution in [0.25, 0.3) is 0 Å². The Labute approximate surface area is 141 Å². The summed E-state index contributed by atoms with van der Waals surface area (Å²) in [6.45, 7) is 2.87. The van der Waals surface area contributed by atoms with E-state index in [1.54, 1.807) is 36.4 Å². The van der Waals surface area contributed by atoms with Gasteiger partial charge in [0.2, 0.25) is 5.91 Å². The first-order chi connectivity index (χ1) is 11.6. The van der Waals surface area contributed by atoms with Gasteiger partial charge in [-0.05, 0) is 31.2 Å². The summed E-state index contributed by atoms with van der Waals surface area (Å²) in [6, 6.07) is 14.4. The minimum absolute atomic E-state index is 0.0318. The molecule has 3 N–H and O–H groups in total. The molecule has 0 atom stereocenters. The smallest absolute Gasteiger partial charge is 0.224 e. The molecule has 0 saturated heterocycles. The Morgan fingerprint density at radius 1 is 1.00 bits per heavy atom. The molecule has 2 rings (SSSR count). The van der Waals surface area contributed by atoms with E-state index in [2.05, 4.69) is 5.32 Å². The number of benzene rings is 2. The number of aryl methyl sites for hydroxylation is 1. The van der Waals surface area contributed by atoms with Crippen LogP contribution in [0, 0.1) is 6.92 Å². The highest BCUT2D eigenvalue weighted by Crippen LogP contribution is 2.16. The van der Waals surface area contributed by atoms with Crippen molar-refractivity contribution in [3.8, 4) is 5.75 Å². The molecule has 0 aliphatic carbocycles. The third kappa shape index (κ3) is 5.52. The van der Waals surface area contributed by atoms with Gasteiger partial charge >= 0.3 is 0 Å². The lowest BCUT2D eigenvalue weighted by Crippen LogP contribution is -2.13. The number of anilines is 1. The van der Waals surface area contributed by atoms with Gasteiger partial charge in [-0.25, -0.2) is 0 Å². The lowest BCUT2D eigenvalue weighted by atomic mass is 10.0. The Balaban J connectivity index is 1.80. The molecule has 5 nitrogen and oxygen atoms in total. The van der Waals surface area contributed by atoms with Crippen molar-refractivity contribution in [1.82, 2.24) is 0 Å². The van der Waals surface area contributed by atoms with Gasteiger partial charge < -0.3 is 15.8 Å². The Kier molecular flexibility index (Phi) is 6.51. The van der Waals surface area contributed by atoms with Gasteiger partial charge in [0.15, 0.2) is 5.78 Å². The third-order valence-corrected chi connectivity index (χ3v) is 3.48. The van der Waals surface area contributed by atoms with Crippen LogP contribution in [-0.4, -0.2) is 24.8 Å². The van der Waals surface area contributed by atoms with E-state index in [-0.39, 0.29) is 24.5 Å². The summed E-state index contributed by atoms with van der Waals surface area (Å²) >= 11 is 0. The molecule has 0 saturated carbocycles. The average Bonchev–Trinajstić information content (AvgIpc) is 2.59. The number of Topliss-reactive ketones (excluding diaryl/α,β-unsaturated/α-hetero) is 1. The molecule has 24 heavy (non-hydrogen) atoms. The van der Waals surface area contributed by atoms with Crippen molar-refractivity contribution in [3.63, 3.8) is 0 Å². The highest BCUT2D eigenvalue weighted by Gasteiger charge is 2.09. The molecular formula is C19H22N2O3. The number of nitrogens with two attached hydrogens (primary N) is 1. The van der Waals surface area contributed by atoms with Gasteiger partial charge in [-0.15, -0.1) is 0 Å². The van der Waals surface area contributed by atoms with Crippen LogP contribution in [0.5, 0.6) is 5.75 Å². The summed E-state index contributed by atoms with van der Waals surface area (Å²) in [5.41, 5.74) is 7.77. The number of rotatable bonds is 8. The predicted octanol–water partition coefficient (Wildman–Crippen LogP) is 2.93. The van der Waals surface area contributed by atoms with Gasteiger partial charge in [-0.3, -0.25) is 9.59 Å². The van der Waals surface area contributed by atoms with Crippen molar-refractivity contribution in [1.29, 1.82) is 0 Å². The Morgan fingerprint density at radius 3 is 2.29 bits per heavy atom. The zero-order valence-corrected chi connectivity index (χ0v) is 13.7. The maximum atomic E-state index is 12.1. The van der Waals surface area contributed by atoms with Crippen molar-refractivity contribution in [2.45, 2.75) is 19.8 Å². The first-order valence-corrected chi connectivity index (χ1v) is 7.91. The van der Waals surface area contributed by atoms with Gasteiger partial charge in [0.25, 0.3) is 0 Å². The van der Waals surface area contributed by atoms with Crippen LogP contribution in [0.3, 0.4) is 0 Å². The molecule has 0 spiro atoms. The van der Waals surface area contributed by atoms with Crippen LogP contribution in [0.4, 0.5) is 5.69 Å². The Morgan fingerprint density at radius 2 is 1.67 bits per heavy atom. The van der Waals surface area contributed by atoms with Gasteiger partial charge in [-0.2, -0.15) is 0 Å². The summed E-state index contributed by atoms with van der Waals surface area (Å²) in [5.74, 6) is 0.481. The van der Waals surface area contributed by atoms with Crippen LogP contribution in [0.2, 0.25) is 0 Å². The number of nitrogens with one attached hydrogen (secondary N) is 1. The molecule has 1 amide bonds. The molecule has 2 aromatic carbocycles. The van der Waals surface area contributed by atoms with Gasteiger partial charge in [0, 0.05) is 30.6 Å². The number of hydrogen-bond acceptors (Lipinski definition) is 4. The second kappa shape index (κ2) is 8.84. The molecule has 5 heteroatoms. The monoisotopic (exact) mass is 326 g/mol. The van der Waals surface area contributed by atoms with Crippen LogP contribution in [-0.2, 0) is 4.79 Å². The number of carbonyl (C=O) groups is 2. The summed E-state index contributed by atoms with van der Waals surface area (Å²) in [6.07, 6.45) is 0.338. The molecule has 0 heterocycles. The van der Waals surface area contributed by atoms with Crippen LogP contribution < -0.4 is 15.8 Å². The second-order valence-electron chi connectivity index (χ2n) is 5.50. The van der Waals surface area contributed by atoms with Crippen LogP contribution >= 0.6 is 0 Å². The van der Waals surface area contributed by atoms with Crippen LogP contribution in [0.15, 0.2) is 48.5 Å². The SMILES string of the molecule is Cc1ccc(C(=O)CCC(=O)Nc2ccc(OCCN)cc2)cc1. The zero-order chi connectivity index (χ0) is 17.4. The van der Waals surface area contributed by atoms with E-state index in [0.717, 1.165) is 5.56 Å². The largest absolute Gasteiger partial charge is 0.492 e. The fourth-order valence-corrected chi connectivity index (χ4v) is 2.15. The Hall–Kier alpha value is -2.66. The quantitative estimate of drug-likeness (QED) is 0.731. The van der Waals surface area contributed by atoms with E-state index in [1.165, 1.54) is 0 Å². The fraction of sp³-hybridized carbons (Fsp3) is 0.263. The van der Waals surface area contributed by atoms with E-state index in [4.69, 9.17) is 10.5 Å². The molecule has 126 valence electrons. The lowest BCUT2D eigenvalue weighted by molar-refractivity contribution is -0.116. The van der Waals surface area contributed by atoms with Crippen molar-refractivity contribution in [2.75, 3.05) is 18.5 Å². The van der Waals surface area contributed by atoms with E-state index < -0.39 is 0 Å². The molecule has 0 aliphatic heterocycles. The number of ketones is 1. The highest BCUT2D eigenvalue weighted by atomic mass is 16.5. The normalized spacial score (nSPS) is 10.2. The van der Waals surface area contributed by atoms with Crippen LogP contribution in [0.1, 0.15) is 28.8 Å². The zero-order valence-electron chi connectivity index (χ0n) is 13.7. The number of carbonyl (C=O) groups excluding carboxylic acids is 2. The second-order valence-corrected chi connectivity index (χ2v) is 5.50. The van der Waals surface area contributed by atoms with Crippen molar-refractivity contribution < 1.29 is 14.3 Å². The van der Waals surface area contributed by atoms with E-state index in [1.807, 2.05) is 19.1 Å². The summed E-state index contributed by atoms with van der Waals surface area (Å²) in [5, 5.41) is 2.77. The molecule has 0 unspecified atom stereocenters. The molecule has 2 aromatic rings. The standard InChI is InChI=1S/C19H22N2O3/c1-14-2-4-15(5-3-14)18(22)10-11-19(23)21-16-6-8-17(9-7-16)24-13-12-20/h2-9H,10-13,20H2,1H3,(H,21,23). The van der Waals surface area contributed by atoms with Gasteiger partial charge in [0.05, 0.1) is 0 Å². The topological polar surface area (TPSA) is 81.4 Å². The fourth-order valence-electron chi connectivity index (χ4n) is 2.15. The third-order valence-electron chi connectivity index (χ3n) is 3.48. The predicted molar refractivity (Wildman–Crippen MR) is 94.4 cm³/mol. The van der Waals surface area contributed by atoms with Crippen molar-refractivity contribution in [2.24, 2.45) is 5.73 Å². The molecular weight excluding hydrogens is 304 g/mol. The van der Waals surface area contributed by atoms with E-state index in [0.29, 0.717) is 30.2 Å². The van der Waals surface area contributed by atoms with E-state index >= 15 is 0 Å². The number of ether oxygens (including phenoxy) is 1. The first-order valence-electron chi connectivity index (χ1n) is 7.91. The maximum Gasteiger partial charge on any atom is 0.224 e. The Bertz CT molecular complexity index is 679. The van der Waals surface area contributed by atoms with Crippen molar-refractivity contribution in [3.05, 3.63) is 59.7 Å². The average molecular weight is 326 g/mol. The molecule has 0 aliphatic rings. The van der Waals surface area contributed by atoms with Gasteiger partial charge in [-0.1, -0.05) is 29.8 Å². The summed E-state index contributed by atoms with van der Waals surface area (Å²) in [4.78, 5) is 24.0. The first kappa shape index (κ1) is 17.7. The molecule has 0 fully saturated rings. The lowest BCUT2D eigenvalue weighted by Gasteiger charge is -2.07. The molecule has 0 bridgehead atoms. The molecule has 0 radical (unpaired) electrons. The summed E-state index contributed by atoms with van der Waals surface area (Å²) in [7, 11) is 0. The van der Waals surface area contributed by atoms with Crippen molar-refractivity contribution >= 4 is 17.4 Å². The molecule has 0 aromatic heterocycles. The number of hydrogen-bond donors (Lipinski definition) is 2. The maximum absolute atomic E-state index is 12.1.